The lowest BCUT2D eigenvalue weighted by molar-refractivity contribution is -0.139. The smallest absolute Gasteiger partial charge is 0.324 e. The molecule has 1 rings (SSSR count). The number of carboxylic acid groups (broad SMARTS) is 1. The van der Waals surface area contributed by atoms with Gasteiger partial charge in [0, 0.05) is 7.05 Å². The summed E-state index contributed by atoms with van der Waals surface area (Å²) in [5.41, 5.74) is 0. The first-order valence-corrected chi connectivity index (χ1v) is 5.71. The Kier molecular flexibility index (Phi) is 3.62. The Labute approximate surface area is 91.6 Å². The molecule has 0 saturated heterocycles. The van der Waals surface area contributed by atoms with Gasteiger partial charge < -0.3 is 10.2 Å². The minimum absolute atomic E-state index is 0.174. The van der Waals surface area contributed by atoms with Crippen LogP contribution in [0.25, 0.3) is 0 Å². The second-order valence-electron chi connectivity index (χ2n) is 2.99. The van der Waals surface area contributed by atoms with Gasteiger partial charge in [-0.15, -0.1) is 0 Å². The van der Waals surface area contributed by atoms with E-state index >= 15 is 0 Å². The number of hydrogen-bond donors (Lipinski definition) is 3. The van der Waals surface area contributed by atoms with E-state index in [1.807, 2.05) is 4.72 Å². The molecule has 90 valence electrons. The van der Waals surface area contributed by atoms with Gasteiger partial charge in [0.25, 0.3) is 10.0 Å². The van der Waals surface area contributed by atoms with Gasteiger partial charge in [-0.1, -0.05) is 0 Å². The van der Waals surface area contributed by atoms with E-state index in [0.717, 1.165) is 4.68 Å². The number of hydrogen-bond acceptors (Lipinski definition) is 5. The van der Waals surface area contributed by atoms with Crippen molar-refractivity contribution in [2.75, 3.05) is 6.61 Å². The van der Waals surface area contributed by atoms with Gasteiger partial charge in [0.05, 0.1) is 12.8 Å². The molecule has 9 heteroatoms. The van der Waals surface area contributed by atoms with Crippen molar-refractivity contribution in [2.45, 2.75) is 11.1 Å². The molecule has 1 atom stereocenters. The molecule has 0 spiro atoms. The molecule has 0 aliphatic carbocycles. The van der Waals surface area contributed by atoms with Crippen LogP contribution in [0.2, 0.25) is 0 Å². The van der Waals surface area contributed by atoms with Gasteiger partial charge >= 0.3 is 5.97 Å². The number of aryl methyl sites for hydroxylation is 1. The number of carbonyl (C=O) groups is 1. The lowest BCUT2D eigenvalue weighted by Crippen LogP contribution is -2.43. The minimum Gasteiger partial charge on any atom is -0.480 e. The number of aliphatic carboxylic acids is 1. The van der Waals surface area contributed by atoms with E-state index in [9.17, 15) is 13.2 Å². The van der Waals surface area contributed by atoms with Gasteiger partial charge in [-0.2, -0.15) is 9.82 Å². The Bertz CT molecular complexity index is 480. The van der Waals surface area contributed by atoms with Crippen LogP contribution in [0.4, 0.5) is 0 Å². The third kappa shape index (κ3) is 2.56. The van der Waals surface area contributed by atoms with Crippen molar-refractivity contribution in [3.05, 3.63) is 12.3 Å². The maximum atomic E-state index is 11.6. The highest BCUT2D eigenvalue weighted by molar-refractivity contribution is 7.89. The van der Waals surface area contributed by atoms with Crippen LogP contribution in [0.5, 0.6) is 0 Å². The molecule has 8 nitrogen and oxygen atoms in total. The van der Waals surface area contributed by atoms with Gasteiger partial charge in [-0.25, -0.2) is 8.42 Å². The fraction of sp³-hybridized carbons (Fsp3) is 0.429. The van der Waals surface area contributed by atoms with E-state index in [0.29, 0.717) is 0 Å². The summed E-state index contributed by atoms with van der Waals surface area (Å²) in [4.78, 5) is 10.6. The van der Waals surface area contributed by atoms with E-state index in [1.54, 1.807) is 0 Å². The van der Waals surface area contributed by atoms with Gasteiger partial charge in [0.2, 0.25) is 0 Å². The third-order valence-corrected chi connectivity index (χ3v) is 3.38. The number of aliphatic hydroxyl groups excluding tert-OH is 1. The molecule has 0 aliphatic heterocycles. The second-order valence-corrected chi connectivity index (χ2v) is 4.65. The van der Waals surface area contributed by atoms with Crippen LogP contribution in [0.1, 0.15) is 0 Å². The van der Waals surface area contributed by atoms with Crippen molar-refractivity contribution in [1.29, 1.82) is 0 Å². The van der Waals surface area contributed by atoms with Crippen LogP contribution in [0, 0.1) is 0 Å². The third-order valence-electron chi connectivity index (χ3n) is 1.83. The van der Waals surface area contributed by atoms with Crippen molar-refractivity contribution >= 4 is 16.0 Å². The molecule has 16 heavy (non-hydrogen) atoms. The van der Waals surface area contributed by atoms with Crippen LogP contribution < -0.4 is 4.72 Å². The fourth-order valence-electron chi connectivity index (χ4n) is 1.04. The Morgan fingerprint density at radius 3 is 2.69 bits per heavy atom. The van der Waals surface area contributed by atoms with E-state index < -0.39 is 28.6 Å². The first-order chi connectivity index (χ1) is 7.38. The SMILES string of the molecule is Cn1nccc1S(=O)(=O)N[C@H](CO)C(=O)O. The zero-order valence-corrected chi connectivity index (χ0v) is 9.18. The molecule has 1 heterocycles. The number of aromatic nitrogens is 2. The summed E-state index contributed by atoms with van der Waals surface area (Å²) in [5.74, 6) is -1.45. The Balaban J connectivity index is 2.97. The van der Waals surface area contributed by atoms with Crippen molar-refractivity contribution in [3.8, 4) is 0 Å². The maximum absolute atomic E-state index is 11.6. The van der Waals surface area contributed by atoms with Gasteiger partial charge in [0.1, 0.15) is 6.04 Å². The summed E-state index contributed by atoms with van der Waals surface area (Å²) in [5, 5.41) is 20.8. The number of nitrogens with one attached hydrogen (secondary N) is 1. The quantitative estimate of drug-likeness (QED) is 0.563. The first-order valence-electron chi connectivity index (χ1n) is 4.22. The average molecular weight is 249 g/mol. The predicted octanol–water partition coefficient (Wildman–Crippen LogP) is -1.86. The Morgan fingerprint density at radius 2 is 2.31 bits per heavy atom. The summed E-state index contributed by atoms with van der Waals surface area (Å²) in [6.45, 7) is -0.827. The Hall–Kier alpha value is -1.45. The molecule has 0 amide bonds. The molecular weight excluding hydrogens is 238 g/mol. The topological polar surface area (TPSA) is 122 Å². The van der Waals surface area contributed by atoms with Crippen LogP contribution >= 0.6 is 0 Å². The van der Waals surface area contributed by atoms with Crippen molar-refractivity contribution < 1.29 is 23.4 Å². The molecule has 0 aliphatic rings. The van der Waals surface area contributed by atoms with E-state index in [2.05, 4.69) is 5.10 Å². The summed E-state index contributed by atoms with van der Waals surface area (Å²) in [6, 6.07) is -0.349. The highest BCUT2D eigenvalue weighted by Gasteiger charge is 2.26. The lowest BCUT2D eigenvalue weighted by atomic mass is 10.3. The maximum Gasteiger partial charge on any atom is 0.324 e. The second kappa shape index (κ2) is 4.60. The summed E-state index contributed by atoms with van der Waals surface area (Å²) >= 11 is 0. The number of rotatable bonds is 5. The monoisotopic (exact) mass is 249 g/mol. The largest absolute Gasteiger partial charge is 0.480 e. The number of nitrogens with zero attached hydrogens (tertiary/aromatic N) is 2. The van der Waals surface area contributed by atoms with Gasteiger partial charge in [0.15, 0.2) is 5.03 Å². The Morgan fingerprint density at radius 1 is 1.69 bits per heavy atom. The highest BCUT2D eigenvalue weighted by atomic mass is 32.2. The van der Waals surface area contributed by atoms with E-state index in [1.165, 1.54) is 19.3 Å². The van der Waals surface area contributed by atoms with Gasteiger partial charge in [-0.05, 0) is 6.07 Å². The number of sulfonamides is 1. The van der Waals surface area contributed by atoms with Crippen LogP contribution in [-0.4, -0.2) is 47.0 Å². The van der Waals surface area contributed by atoms with Crippen molar-refractivity contribution in [1.82, 2.24) is 14.5 Å². The number of carboxylic acids is 1. The molecule has 1 aromatic heterocycles. The van der Waals surface area contributed by atoms with Crippen molar-refractivity contribution in [3.63, 3.8) is 0 Å². The first kappa shape index (κ1) is 12.6. The molecular formula is C7H11N3O5S. The van der Waals surface area contributed by atoms with Crippen LogP contribution in [0.3, 0.4) is 0 Å². The molecule has 0 bridgehead atoms. The zero-order chi connectivity index (χ0) is 12.3. The summed E-state index contributed by atoms with van der Waals surface area (Å²) in [6.07, 6.45) is 1.27. The standard InChI is InChI=1S/C7H11N3O5S/c1-10-6(2-3-8-10)16(14,15)9-5(4-11)7(12)13/h2-3,5,9,11H,4H2,1H3,(H,12,13)/t5-/m1/s1. The normalized spacial score (nSPS) is 13.6. The fourth-order valence-corrected chi connectivity index (χ4v) is 2.34. The number of aliphatic hydroxyl groups is 1. The average Bonchev–Trinajstić information content (AvgIpc) is 2.61. The minimum atomic E-state index is -3.99. The zero-order valence-electron chi connectivity index (χ0n) is 8.36. The summed E-state index contributed by atoms with van der Waals surface area (Å²) < 4.78 is 26.2. The predicted molar refractivity (Wildman–Crippen MR) is 52.0 cm³/mol. The molecule has 0 saturated carbocycles. The van der Waals surface area contributed by atoms with Crippen LogP contribution in [0.15, 0.2) is 17.3 Å². The van der Waals surface area contributed by atoms with Crippen molar-refractivity contribution in [2.24, 2.45) is 7.05 Å². The molecule has 0 unspecified atom stereocenters. The molecule has 0 aromatic carbocycles. The molecule has 1 aromatic rings. The molecule has 3 N–H and O–H groups in total. The molecule has 0 fully saturated rings. The molecule has 0 radical (unpaired) electrons. The lowest BCUT2D eigenvalue weighted by Gasteiger charge is -2.11. The van der Waals surface area contributed by atoms with Crippen LogP contribution in [-0.2, 0) is 21.9 Å². The highest BCUT2D eigenvalue weighted by Crippen LogP contribution is 2.06. The van der Waals surface area contributed by atoms with E-state index in [4.69, 9.17) is 10.2 Å². The van der Waals surface area contributed by atoms with Gasteiger partial charge in [-0.3, -0.25) is 9.48 Å². The summed E-state index contributed by atoms with van der Waals surface area (Å²) in [7, 11) is -2.59. The van der Waals surface area contributed by atoms with E-state index in [-0.39, 0.29) is 5.03 Å².